The van der Waals surface area contributed by atoms with E-state index in [0.29, 0.717) is 13.1 Å². The molecule has 3 N–H and O–H groups in total. The van der Waals surface area contributed by atoms with E-state index in [-0.39, 0.29) is 28.9 Å². The maximum atomic E-state index is 11.3. The second-order valence-corrected chi connectivity index (χ2v) is 7.12. The molecule has 0 radical (unpaired) electrons. The van der Waals surface area contributed by atoms with E-state index >= 15 is 0 Å². The Morgan fingerprint density at radius 2 is 1.64 bits per heavy atom. The molecule has 2 aromatic rings. The van der Waals surface area contributed by atoms with Crippen LogP contribution >= 0.6 is 24.0 Å². The molecule has 8 heteroatoms. The minimum Gasteiger partial charge on any atom is -0.352 e. The van der Waals surface area contributed by atoms with Crippen LogP contribution in [0.3, 0.4) is 0 Å². The van der Waals surface area contributed by atoms with Gasteiger partial charge in [-0.3, -0.25) is 0 Å². The molecular weight excluding hydrogens is 451 g/mol. The molecule has 0 amide bonds. The predicted octanol–water partition coefficient (Wildman–Crippen LogP) is 2.16. The van der Waals surface area contributed by atoms with Crippen LogP contribution in [0, 0.1) is 0 Å². The normalized spacial score (nSPS) is 11.6. The monoisotopic (exact) mass is 474 g/mol. The zero-order chi connectivity index (χ0) is 17.6. The number of nitrogens with zero attached hydrogens (tertiary/aromatic N) is 2. The van der Waals surface area contributed by atoms with Crippen molar-refractivity contribution in [2.45, 2.75) is 18.0 Å². The fourth-order valence-corrected chi connectivity index (χ4v) is 2.60. The number of rotatable bonds is 5. The Morgan fingerprint density at radius 1 is 1.04 bits per heavy atom. The average molecular weight is 474 g/mol. The van der Waals surface area contributed by atoms with Crippen LogP contribution in [-0.4, -0.2) is 33.4 Å². The summed E-state index contributed by atoms with van der Waals surface area (Å²) in [5.41, 5.74) is 2.08. The lowest BCUT2D eigenvalue weighted by Crippen LogP contribution is -2.36. The number of aliphatic imine (C=N–C) groups is 1. The van der Waals surface area contributed by atoms with Crippen molar-refractivity contribution in [3.63, 3.8) is 0 Å². The molecule has 0 aromatic heterocycles. The lowest BCUT2D eigenvalue weighted by molar-refractivity contribution is 0.578. The van der Waals surface area contributed by atoms with E-state index < -0.39 is 10.0 Å². The Labute approximate surface area is 166 Å². The summed E-state index contributed by atoms with van der Waals surface area (Å²) in [5.74, 6) is 0.759. The summed E-state index contributed by atoms with van der Waals surface area (Å²) in [6.07, 6.45) is 0. The molecule has 136 valence electrons. The van der Waals surface area contributed by atoms with E-state index in [0.717, 1.165) is 17.1 Å². The third-order valence-corrected chi connectivity index (χ3v) is 4.31. The smallest absolute Gasteiger partial charge is 0.238 e. The molecule has 0 aliphatic heterocycles. The van der Waals surface area contributed by atoms with Gasteiger partial charge in [0.25, 0.3) is 0 Å². The van der Waals surface area contributed by atoms with Crippen LogP contribution in [0.4, 0.5) is 0 Å². The molecule has 0 bridgehead atoms. The summed E-state index contributed by atoms with van der Waals surface area (Å²) in [4.78, 5) is 6.59. The van der Waals surface area contributed by atoms with Gasteiger partial charge in [0.05, 0.1) is 11.4 Å². The van der Waals surface area contributed by atoms with Crippen molar-refractivity contribution in [1.82, 2.24) is 10.2 Å². The van der Waals surface area contributed by atoms with Crippen molar-refractivity contribution in [2.75, 3.05) is 14.1 Å². The van der Waals surface area contributed by atoms with Crippen molar-refractivity contribution >= 4 is 40.0 Å². The summed E-state index contributed by atoms with van der Waals surface area (Å²) in [7, 11) is 0.179. The molecule has 0 unspecified atom stereocenters. The Kier molecular flexibility index (Phi) is 8.33. The molecule has 0 atom stereocenters. The average Bonchev–Trinajstić information content (AvgIpc) is 2.55. The zero-order valence-corrected chi connectivity index (χ0v) is 17.4. The van der Waals surface area contributed by atoms with Crippen LogP contribution < -0.4 is 10.5 Å². The van der Waals surface area contributed by atoms with Crippen molar-refractivity contribution < 1.29 is 8.42 Å². The van der Waals surface area contributed by atoms with Crippen LogP contribution in [0.5, 0.6) is 0 Å². The van der Waals surface area contributed by atoms with E-state index in [1.807, 2.05) is 49.3 Å². The Balaban J connectivity index is 0.00000312. The van der Waals surface area contributed by atoms with E-state index in [4.69, 9.17) is 5.14 Å². The third-order valence-electron chi connectivity index (χ3n) is 3.38. The maximum Gasteiger partial charge on any atom is 0.238 e. The van der Waals surface area contributed by atoms with Gasteiger partial charge in [0.1, 0.15) is 0 Å². The molecule has 6 nitrogen and oxygen atoms in total. The minimum atomic E-state index is -3.66. The molecule has 0 aliphatic rings. The Hall–Kier alpha value is -1.65. The molecule has 0 spiro atoms. The zero-order valence-electron chi connectivity index (χ0n) is 14.2. The van der Waals surface area contributed by atoms with Crippen molar-refractivity contribution in [1.29, 1.82) is 0 Å². The molecule has 0 saturated carbocycles. The number of sulfonamides is 1. The first-order chi connectivity index (χ1) is 11.4. The second kappa shape index (κ2) is 9.73. The Morgan fingerprint density at radius 3 is 2.16 bits per heavy atom. The summed E-state index contributed by atoms with van der Waals surface area (Å²) in [6.45, 7) is 1.13. The third kappa shape index (κ3) is 7.00. The van der Waals surface area contributed by atoms with Gasteiger partial charge in [-0.1, -0.05) is 42.5 Å². The second-order valence-electron chi connectivity index (χ2n) is 5.56. The number of nitrogens with two attached hydrogens (primary N) is 1. The first-order valence-electron chi connectivity index (χ1n) is 7.47. The quantitative estimate of drug-likeness (QED) is 0.395. The van der Waals surface area contributed by atoms with Gasteiger partial charge in [-0.15, -0.1) is 24.0 Å². The van der Waals surface area contributed by atoms with Crippen molar-refractivity contribution in [2.24, 2.45) is 10.1 Å². The van der Waals surface area contributed by atoms with Gasteiger partial charge in [-0.2, -0.15) is 0 Å². The van der Waals surface area contributed by atoms with Crippen LogP contribution in [0.15, 0.2) is 64.5 Å². The van der Waals surface area contributed by atoms with Crippen molar-refractivity contribution in [3.8, 4) is 0 Å². The van der Waals surface area contributed by atoms with E-state index in [1.165, 1.54) is 12.1 Å². The van der Waals surface area contributed by atoms with Gasteiger partial charge in [0.2, 0.25) is 10.0 Å². The first-order valence-corrected chi connectivity index (χ1v) is 9.02. The van der Waals surface area contributed by atoms with Crippen molar-refractivity contribution in [3.05, 3.63) is 65.7 Å². The summed E-state index contributed by atoms with van der Waals surface area (Å²) < 4.78 is 22.5. The van der Waals surface area contributed by atoms with E-state index in [2.05, 4.69) is 10.3 Å². The topological polar surface area (TPSA) is 87.8 Å². The fourth-order valence-electron chi connectivity index (χ4n) is 2.08. The lowest BCUT2D eigenvalue weighted by Gasteiger charge is -2.18. The standard InChI is InChI=1S/C17H22N4O2S.HI/c1-21(2)17(19-12-14-6-4-3-5-7-14)20-13-15-8-10-16(11-9-15)24(18,22)23;/h3-11H,12-13H2,1-2H3,(H,19,20)(H2,18,22,23);1H. The van der Waals surface area contributed by atoms with E-state index in [9.17, 15) is 8.42 Å². The van der Waals surface area contributed by atoms with Crippen LogP contribution in [0.2, 0.25) is 0 Å². The van der Waals surface area contributed by atoms with Crippen LogP contribution in [0.25, 0.3) is 0 Å². The van der Waals surface area contributed by atoms with Gasteiger partial charge in [-0.25, -0.2) is 18.5 Å². The van der Waals surface area contributed by atoms with Crippen LogP contribution in [-0.2, 0) is 23.1 Å². The van der Waals surface area contributed by atoms with E-state index in [1.54, 1.807) is 12.1 Å². The molecular formula is C17H23IN4O2S. The van der Waals surface area contributed by atoms with Gasteiger partial charge < -0.3 is 10.2 Å². The number of nitrogens with one attached hydrogen (secondary N) is 1. The fraction of sp³-hybridized carbons (Fsp3) is 0.235. The van der Waals surface area contributed by atoms with Gasteiger partial charge in [0.15, 0.2) is 5.96 Å². The Bertz CT molecular complexity index is 791. The summed E-state index contributed by atoms with van der Waals surface area (Å²) in [5, 5.41) is 8.35. The van der Waals surface area contributed by atoms with Crippen LogP contribution in [0.1, 0.15) is 11.1 Å². The summed E-state index contributed by atoms with van der Waals surface area (Å²) >= 11 is 0. The van der Waals surface area contributed by atoms with Gasteiger partial charge >= 0.3 is 0 Å². The highest BCUT2D eigenvalue weighted by Crippen LogP contribution is 2.08. The van der Waals surface area contributed by atoms with Gasteiger partial charge in [-0.05, 0) is 23.3 Å². The highest BCUT2D eigenvalue weighted by molar-refractivity contribution is 14.0. The number of hydrogen-bond acceptors (Lipinski definition) is 3. The molecule has 0 fully saturated rings. The number of hydrogen-bond donors (Lipinski definition) is 2. The molecule has 0 aliphatic carbocycles. The minimum absolute atomic E-state index is 0. The SMILES string of the molecule is CN(C)C(=NCc1ccccc1)NCc1ccc(S(N)(=O)=O)cc1.I. The van der Waals surface area contributed by atoms with Gasteiger partial charge in [0, 0.05) is 20.6 Å². The number of benzene rings is 2. The number of primary sulfonamides is 1. The lowest BCUT2D eigenvalue weighted by atomic mass is 10.2. The molecule has 0 saturated heterocycles. The molecule has 0 heterocycles. The first kappa shape index (κ1) is 21.4. The number of guanidine groups is 1. The summed E-state index contributed by atoms with van der Waals surface area (Å²) in [6, 6.07) is 16.5. The highest BCUT2D eigenvalue weighted by atomic mass is 127. The molecule has 2 rings (SSSR count). The maximum absolute atomic E-state index is 11.3. The highest BCUT2D eigenvalue weighted by Gasteiger charge is 2.07. The largest absolute Gasteiger partial charge is 0.352 e. The number of halogens is 1. The molecule has 25 heavy (non-hydrogen) atoms. The molecule has 2 aromatic carbocycles. The predicted molar refractivity (Wildman–Crippen MR) is 111 cm³/mol.